The average molecular weight is 513 g/mol. The molecule has 0 aromatic heterocycles. The topological polar surface area (TPSA) is 72.8 Å². The summed E-state index contributed by atoms with van der Waals surface area (Å²) < 4.78 is 12.1. The molecule has 0 aromatic carbocycles. The van der Waals surface area contributed by atoms with E-state index in [1.807, 2.05) is 13.8 Å². The molecule has 0 aromatic rings. The van der Waals surface area contributed by atoms with Gasteiger partial charge in [0.05, 0.1) is 18.1 Å². The van der Waals surface area contributed by atoms with Gasteiger partial charge in [-0.3, -0.25) is 4.79 Å². The van der Waals surface area contributed by atoms with Crippen molar-refractivity contribution in [2.45, 2.75) is 125 Å². The fourth-order valence-corrected chi connectivity index (χ4v) is 10.2. The van der Waals surface area contributed by atoms with Gasteiger partial charge in [-0.05, 0) is 79.4 Å². The van der Waals surface area contributed by atoms with Crippen LogP contribution in [0.1, 0.15) is 106 Å². The van der Waals surface area contributed by atoms with E-state index in [1.54, 1.807) is 0 Å². The molecule has 10 atom stereocenters. The van der Waals surface area contributed by atoms with Gasteiger partial charge in [0.2, 0.25) is 0 Å². The molecule has 1 aliphatic heterocycles. The summed E-state index contributed by atoms with van der Waals surface area (Å²) in [7, 11) is 0. The molecule has 0 saturated heterocycles. The molecule has 1 heterocycles. The predicted molar refractivity (Wildman–Crippen MR) is 143 cm³/mol. The van der Waals surface area contributed by atoms with Crippen molar-refractivity contribution < 1.29 is 24.2 Å². The lowest BCUT2D eigenvalue weighted by molar-refractivity contribution is -0.218. The van der Waals surface area contributed by atoms with Gasteiger partial charge >= 0.3 is 11.9 Å². The molecule has 0 amide bonds. The summed E-state index contributed by atoms with van der Waals surface area (Å²) in [5, 5.41) is 10.2. The molecule has 2 unspecified atom stereocenters. The van der Waals surface area contributed by atoms with Crippen LogP contribution in [0, 0.1) is 39.4 Å². The number of hydrogen-bond acceptors (Lipinski definition) is 5. The van der Waals surface area contributed by atoms with Crippen molar-refractivity contribution in [3.05, 3.63) is 23.3 Å². The Balaban J connectivity index is 1.60. The van der Waals surface area contributed by atoms with E-state index in [9.17, 15) is 14.7 Å². The van der Waals surface area contributed by atoms with Crippen LogP contribution in [-0.2, 0) is 19.1 Å². The van der Waals surface area contributed by atoms with E-state index in [0.717, 1.165) is 24.0 Å². The first-order valence-electron chi connectivity index (χ1n) is 14.9. The maximum absolute atomic E-state index is 13.3. The third-order valence-electron chi connectivity index (χ3n) is 12.3. The monoisotopic (exact) mass is 512 g/mol. The summed E-state index contributed by atoms with van der Waals surface area (Å²) in [5.74, 6) is 0.499. The SMILES string of the molecule is CCC(O)CC(=O)O[C@@H]1CC2[C@@](C)(CC[C@H]3[C@@](C)(CC)CCC[C@]23C)[C@@H]2C=CC3=C(C(=O)O[C@H]3C)[C@]21C. The van der Waals surface area contributed by atoms with E-state index in [4.69, 9.17) is 9.47 Å². The van der Waals surface area contributed by atoms with Crippen molar-refractivity contribution in [3.8, 4) is 0 Å². The first-order valence-corrected chi connectivity index (χ1v) is 14.9. The van der Waals surface area contributed by atoms with Crippen LogP contribution in [0.15, 0.2) is 23.3 Å². The van der Waals surface area contributed by atoms with E-state index in [-0.39, 0.29) is 41.2 Å². The van der Waals surface area contributed by atoms with Gasteiger partial charge in [-0.25, -0.2) is 4.79 Å². The smallest absolute Gasteiger partial charge is 0.335 e. The highest BCUT2D eigenvalue weighted by Crippen LogP contribution is 2.73. The van der Waals surface area contributed by atoms with Gasteiger partial charge in [0, 0.05) is 11.0 Å². The maximum Gasteiger partial charge on any atom is 0.335 e. The van der Waals surface area contributed by atoms with Crippen molar-refractivity contribution in [3.63, 3.8) is 0 Å². The van der Waals surface area contributed by atoms with Crippen molar-refractivity contribution in [2.24, 2.45) is 39.4 Å². The summed E-state index contributed by atoms with van der Waals surface area (Å²) in [6.07, 6.45) is 11.6. The Morgan fingerprint density at radius 1 is 1.14 bits per heavy atom. The third-order valence-corrected chi connectivity index (χ3v) is 12.3. The Kier molecular flexibility index (Phi) is 6.53. The highest BCUT2D eigenvalue weighted by Gasteiger charge is 2.69. The van der Waals surface area contributed by atoms with Crippen LogP contribution >= 0.6 is 0 Å². The first kappa shape index (κ1) is 27.0. The number of rotatable bonds is 5. The zero-order valence-corrected chi connectivity index (χ0v) is 24.1. The van der Waals surface area contributed by atoms with E-state index >= 15 is 0 Å². The lowest BCUT2D eigenvalue weighted by Crippen LogP contribution is -2.65. The quantitative estimate of drug-likeness (QED) is 0.424. The average Bonchev–Trinajstić information content (AvgIpc) is 3.14. The van der Waals surface area contributed by atoms with E-state index in [0.29, 0.717) is 23.7 Å². The summed E-state index contributed by atoms with van der Waals surface area (Å²) in [6, 6.07) is 0. The number of carbonyl (C=O) groups excluding carboxylic acids is 2. The highest BCUT2D eigenvalue weighted by atomic mass is 16.6. The minimum Gasteiger partial charge on any atom is -0.461 e. The number of carbonyl (C=O) groups is 2. The summed E-state index contributed by atoms with van der Waals surface area (Å²) in [5.41, 5.74) is 1.52. The van der Waals surface area contributed by atoms with Gasteiger partial charge in [-0.1, -0.05) is 66.5 Å². The Hall–Kier alpha value is -1.62. The zero-order valence-electron chi connectivity index (χ0n) is 24.1. The number of allylic oxidation sites excluding steroid dienone is 1. The lowest BCUT2D eigenvalue weighted by Gasteiger charge is -2.69. The molecule has 0 spiro atoms. The molecular weight excluding hydrogens is 464 g/mol. The van der Waals surface area contributed by atoms with Crippen LogP contribution < -0.4 is 0 Å². The Morgan fingerprint density at radius 2 is 1.86 bits per heavy atom. The minimum atomic E-state index is -0.706. The maximum atomic E-state index is 13.3. The molecule has 5 nitrogen and oxygen atoms in total. The molecule has 5 rings (SSSR count). The Bertz CT molecular complexity index is 1030. The summed E-state index contributed by atoms with van der Waals surface area (Å²) in [4.78, 5) is 26.5. The van der Waals surface area contributed by atoms with Crippen LogP contribution in [0.2, 0.25) is 0 Å². The highest BCUT2D eigenvalue weighted by molar-refractivity contribution is 5.95. The third kappa shape index (κ3) is 3.72. The molecule has 3 fully saturated rings. The van der Waals surface area contributed by atoms with E-state index < -0.39 is 17.6 Å². The van der Waals surface area contributed by atoms with Crippen molar-refractivity contribution >= 4 is 11.9 Å². The number of esters is 2. The molecule has 4 aliphatic carbocycles. The van der Waals surface area contributed by atoms with Crippen LogP contribution in [0.4, 0.5) is 0 Å². The molecule has 0 bridgehead atoms. The molecule has 3 saturated carbocycles. The number of hydrogen-bond donors (Lipinski definition) is 1. The number of aliphatic hydroxyl groups excluding tert-OH is 1. The molecule has 206 valence electrons. The first-order chi connectivity index (χ1) is 17.3. The van der Waals surface area contributed by atoms with Gasteiger partial charge in [0.25, 0.3) is 0 Å². The van der Waals surface area contributed by atoms with Crippen LogP contribution in [0.5, 0.6) is 0 Å². The molecule has 0 radical (unpaired) electrons. The Morgan fingerprint density at radius 3 is 2.54 bits per heavy atom. The molecular formula is C32H48O5. The fraction of sp³-hybridized carbons (Fsp3) is 0.812. The minimum absolute atomic E-state index is 0.00102. The van der Waals surface area contributed by atoms with Crippen molar-refractivity contribution in [1.82, 2.24) is 0 Å². The van der Waals surface area contributed by atoms with Crippen molar-refractivity contribution in [2.75, 3.05) is 0 Å². The van der Waals surface area contributed by atoms with Crippen LogP contribution in [-0.4, -0.2) is 35.4 Å². The standard InChI is InChI=1S/C32H48O5/c1-8-20(33)17-26(34)37-25-18-24-30(5)15-10-14-29(4,9-2)22(30)13-16-31(24,6)23-12-11-21-19(3)36-28(35)27(21)32(23,25)7/h11-12,19-20,22-25,33H,8-10,13-18H2,1-7H3/t19-,20?,22-,23-,24?,25+,29-,30-,31-,32+/m0/s1. The van der Waals surface area contributed by atoms with Gasteiger partial charge in [0.15, 0.2) is 0 Å². The second kappa shape index (κ2) is 8.96. The van der Waals surface area contributed by atoms with Crippen LogP contribution in [0.3, 0.4) is 0 Å². The molecule has 5 heteroatoms. The summed E-state index contributed by atoms with van der Waals surface area (Å²) in [6.45, 7) is 15.8. The summed E-state index contributed by atoms with van der Waals surface area (Å²) >= 11 is 0. The van der Waals surface area contributed by atoms with Gasteiger partial charge in [0.1, 0.15) is 12.2 Å². The van der Waals surface area contributed by atoms with E-state index in [2.05, 4.69) is 46.8 Å². The number of aliphatic hydroxyl groups is 1. The predicted octanol–water partition coefficient (Wildman–Crippen LogP) is 6.54. The normalized spacial score (nSPS) is 47.4. The van der Waals surface area contributed by atoms with E-state index in [1.165, 1.54) is 32.1 Å². The van der Waals surface area contributed by atoms with Gasteiger partial charge in [-0.2, -0.15) is 0 Å². The second-order valence-electron chi connectivity index (χ2n) is 14.0. The lowest BCUT2D eigenvalue weighted by atomic mass is 9.35. The van der Waals surface area contributed by atoms with Crippen LogP contribution in [0.25, 0.3) is 0 Å². The van der Waals surface area contributed by atoms with Gasteiger partial charge in [-0.15, -0.1) is 0 Å². The second-order valence-corrected chi connectivity index (χ2v) is 14.0. The molecule has 37 heavy (non-hydrogen) atoms. The largest absolute Gasteiger partial charge is 0.461 e. The molecule has 1 N–H and O–H groups in total. The number of ether oxygens (including phenoxy) is 2. The van der Waals surface area contributed by atoms with Gasteiger partial charge < -0.3 is 14.6 Å². The molecule has 5 aliphatic rings. The fourth-order valence-electron chi connectivity index (χ4n) is 10.2. The number of cyclic esters (lactones) is 1. The van der Waals surface area contributed by atoms with Crippen molar-refractivity contribution in [1.29, 1.82) is 0 Å². The number of fused-ring (bicyclic) bond motifs is 6. The Labute approximate surface area is 223 Å². The zero-order chi connectivity index (χ0) is 27.0.